The second-order valence-corrected chi connectivity index (χ2v) is 22.8. The molecule has 366 valence electrons. The summed E-state index contributed by atoms with van der Waals surface area (Å²) in [6.07, 6.45) is -12.9. The molecule has 0 bridgehead atoms. The number of hydrogen-bond acceptors (Lipinski definition) is 17. The van der Waals surface area contributed by atoms with Crippen LogP contribution in [0.4, 0.5) is 0 Å². The molecule has 17 heteroatoms. The molecule has 6 fully saturated rings. The quantitative estimate of drug-likeness (QED) is 0.0922. The molecule has 0 amide bonds. The summed E-state index contributed by atoms with van der Waals surface area (Å²) in [4.78, 5) is 14.6. The van der Waals surface area contributed by atoms with Crippen LogP contribution >= 0.6 is 0 Å². The lowest BCUT2D eigenvalue weighted by molar-refractivity contribution is -0.364. The van der Waals surface area contributed by atoms with Gasteiger partial charge in [-0.05, 0) is 117 Å². The van der Waals surface area contributed by atoms with Gasteiger partial charge in [-0.25, -0.2) is 0 Å². The minimum absolute atomic E-state index is 0.0153. The highest BCUT2D eigenvalue weighted by atomic mass is 16.7. The van der Waals surface area contributed by atoms with E-state index < -0.39 is 117 Å². The molecule has 8 aliphatic rings. The van der Waals surface area contributed by atoms with Crippen LogP contribution in [0, 0.1) is 44.8 Å². The molecule has 3 saturated heterocycles. The van der Waals surface area contributed by atoms with E-state index in [1.165, 1.54) is 11.1 Å². The second-order valence-electron chi connectivity index (χ2n) is 22.8. The largest absolute Gasteiger partial charge is 0.432 e. The number of ether oxygens (including phenoxy) is 6. The van der Waals surface area contributed by atoms with Crippen LogP contribution in [0.25, 0.3) is 0 Å². The Morgan fingerprint density at radius 1 is 0.625 bits per heavy atom. The molecule has 10 N–H and O–H groups in total. The van der Waals surface area contributed by atoms with Crippen LogP contribution in [-0.4, -0.2) is 168 Å². The molecule has 0 radical (unpaired) electrons. The average Bonchev–Trinajstić information content (AvgIpc) is 3.24. The lowest BCUT2D eigenvalue weighted by atomic mass is 9.38. The highest BCUT2D eigenvalue weighted by Gasteiger charge is 2.66. The van der Waals surface area contributed by atoms with E-state index in [4.69, 9.17) is 28.4 Å². The smallest absolute Gasteiger partial charge is 0.315 e. The summed E-state index contributed by atoms with van der Waals surface area (Å²) in [6.45, 7) is 14.2. The number of hydrogen-bond donors (Lipinski definition) is 10. The fraction of sp³-hybridized carbons (Fsp3) is 0.936. The monoisotopic (exact) mass is 913 g/mol. The maximum absolute atomic E-state index is 14.6. The van der Waals surface area contributed by atoms with E-state index in [0.717, 1.165) is 51.4 Å². The van der Waals surface area contributed by atoms with Crippen molar-refractivity contribution in [3.8, 4) is 0 Å². The second kappa shape index (κ2) is 17.5. The molecule has 17 nitrogen and oxygen atoms in total. The zero-order valence-electron chi connectivity index (χ0n) is 38.5. The average molecular weight is 913 g/mol. The Balaban J connectivity index is 0.976. The van der Waals surface area contributed by atoms with Crippen molar-refractivity contribution in [3.63, 3.8) is 0 Å². The van der Waals surface area contributed by atoms with E-state index in [2.05, 4.69) is 41.5 Å². The normalized spacial score (nSPS) is 52.4. The molecule has 0 aromatic rings. The van der Waals surface area contributed by atoms with Gasteiger partial charge in [0.15, 0.2) is 12.6 Å². The number of rotatable bonds is 8. The number of fused-ring (bicyclic) bond motifs is 6. The Hall–Kier alpha value is -1.39. The lowest BCUT2D eigenvalue weighted by Crippen LogP contribution is -2.65. The first-order valence-electron chi connectivity index (χ1n) is 23.8. The lowest BCUT2D eigenvalue weighted by Gasteiger charge is -2.67. The standard InChI is InChI=1S/C47H76O17/c1-21-38(63-40-35(55)32(52)30(50)25(19-48)60-40)34(54)37(57)39(59-21)62-29-12-14-46(7)27(44(29,4)5)11-13-45(6)23-10-15-47(17-16-43(2,3)18-24(47)22(23)8-9-28(45)46)42(58)64-41-36(56)33(53)31(51)26(20-49)61-41/h21,24-41,48-57H,8-20H2,1-7H3/t21-,24+,25-,26-,27+,28+,29+,30-,31-,32+,33+,34-,35-,36-,37-,38-,39+,40+,41+,45+,46+,47-/m1/s1. The molecule has 3 saturated carbocycles. The highest BCUT2D eigenvalue weighted by molar-refractivity contribution is 5.79. The molecule has 0 spiro atoms. The van der Waals surface area contributed by atoms with Gasteiger partial charge in [-0.1, -0.05) is 52.7 Å². The van der Waals surface area contributed by atoms with Crippen molar-refractivity contribution < 1.29 is 84.3 Å². The minimum Gasteiger partial charge on any atom is -0.432 e. The highest BCUT2D eigenvalue weighted by Crippen LogP contribution is 2.72. The Kier molecular flexibility index (Phi) is 13.4. The van der Waals surface area contributed by atoms with E-state index in [1.807, 2.05) is 0 Å². The molecule has 3 heterocycles. The summed E-state index contributed by atoms with van der Waals surface area (Å²) in [5.74, 6) is 0.0941. The molecule has 64 heavy (non-hydrogen) atoms. The van der Waals surface area contributed by atoms with E-state index in [1.54, 1.807) is 6.92 Å². The maximum Gasteiger partial charge on any atom is 0.315 e. The molecule has 8 rings (SSSR count). The maximum atomic E-state index is 14.6. The number of carbonyl (C=O) groups excluding carboxylic acids is 1. The third kappa shape index (κ3) is 7.85. The van der Waals surface area contributed by atoms with Gasteiger partial charge in [0.05, 0.1) is 30.8 Å². The van der Waals surface area contributed by atoms with E-state index in [9.17, 15) is 55.9 Å². The van der Waals surface area contributed by atoms with Crippen LogP contribution in [0.3, 0.4) is 0 Å². The predicted octanol–water partition coefficient (Wildman–Crippen LogP) is 0.922. The van der Waals surface area contributed by atoms with Crippen LogP contribution in [0.5, 0.6) is 0 Å². The summed E-state index contributed by atoms with van der Waals surface area (Å²) >= 11 is 0. The summed E-state index contributed by atoms with van der Waals surface area (Å²) in [5, 5.41) is 105. The summed E-state index contributed by atoms with van der Waals surface area (Å²) in [5.41, 5.74) is 1.48. The summed E-state index contributed by atoms with van der Waals surface area (Å²) in [7, 11) is 0. The molecule has 3 aliphatic heterocycles. The van der Waals surface area contributed by atoms with Gasteiger partial charge in [0.2, 0.25) is 6.29 Å². The molecule has 0 aromatic heterocycles. The molecule has 5 aliphatic carbocycles. The predicted molar refractivity (Wildman–Crippen MR) is 224 cm³/mol. The van der Waals surface area contributed by atoms with Gasteiger partial charge in [0, 0.05) is 0 Å². The van der Waals surface area contributed by atoms with Gasteiger partial charge in [-0.2, -0.15) is 0 Å². The molecular weight excluding hydrogens is 836 g/mol. The number of esters is 1. The van der Waals surface area contributed by atoms with Crippen LogP contribution in [0.2, 0.25) is 0 Å². The molecule has 22 atom stereocenters. The first kappa shape index (κ1) is 49.0. The number of allylic oxidation sites excluding steroid dienone is 2. The zero-order valence-corrected chi connectivity index (χ0v) is 38.5. The number of aliphatic hydroxyl groups is 10. The Morgan fingerprint density at radius 3 is 1.86 bits per heavy atom. The first-order chi connectivity index (χ1) is 30.0. The third-order valence-corrected chi connectivity index (χ3v) is 18.4. The number of aliphatic hydroxyl groups excluding tert-OH is 10. The Labute approximate surface area is 376 Å². The van der Waals surface area contributed by atoms with E-state index >= 15 is 0 Å². The van der Waals surface area contributed by atoms with Crippen LogP contribution < -0.4 is 0 Å². The Bertz CT molecular complexity index is 1740. The van der Waals surface area contributed by atoms with Crippen LogP contribution in [0.1, 0.15) is 119 Å². The van der Waals surface area contributed by atoms with E-state index in [-0.39, 0.29) is 39.6 Å². The fourth-order valence-electron chi connectivity index (χ4n) is 14.7. The van der Waals surface area contributed by atoms with Crippen LogP contribution in [0.15, 0.2) is 11.1 Å². The summed E-state index contributed by atoms with van der Waals surface area (Å²) < 4.78 is 35.8. The van der Waals surface area contributed by atoms with E-state index in [0.29, 0.717) is 25.2 Å². The third-order valence-electron chi connectivity index (χ3n) is 18.4. The van der Waals surface area contributed by atoms with Crippen LogP contribution in [-0.2, 0) is 33.2 Å². The fourth-order valence-corrected chi connectivity index (χ4v) is 14.7. The van der Waals surface area contributed by atoms with Crippen molar-refractivity contribution in [2.24, 2.45) is 44.8 Å². The van der Waals surface area contributed by atoms with Crippen molar-refractivity contribution in [1.29, 1.82) is 0 Å². The van der Waals surface area contributed by atoms with Crippen molar-refractivity contribution in [2.45, 2.75) is 217 Å². The zero-order chi connectivity index (χ0) is 46.6. The van der Waals surface area contributed by atoms with Gasteiger partial charge in [0.25, 0.3) is 0 Å². The summed E-state index contributed by atoms with van der Waals surface area (Å²) in [6, 6.07) is 0. The van der Waals surface area contributed by atoms with Crippen molar-refractivity contribution in [3.05, 3.63) is 11.1 Å². The van der Waals surface area contributed by atoms with Gasteiger partial charge >= 0.3 is 5.97 Å². The van der Waals surface area contributed by atoms with Crippen molar-refractivity contribution >= 4 is 5.97 Å². The SMILES string of the molecule is C[C@H]1O[C@@H](O[C@H]2CC[C@]3(C)[C@H]4CCC5=C(CC[C@@]6(C(=O)O[C@@H]7O[C@H](CO)[C@@H](O)[C@H](O)[C@H]7O)CCC(C)(C)C[C@@H]56)[C@]4(C)CC[C@H]3C2(C)C)[C@H](O)[C@@H](O)[C@@H]1O[C@@H]1O[C@H](CO)[C@@H](O)[C@H](O)[C@H]1O. The molecule has 0 aromatic carbocycles. The molecular formula is C47H76O17. The minimum atomic E-state index is -1.69. The Morgan fingerprint density at radius 2 is 1.22 bits per heavy atom. The number of carbonyl (C=O) groups is 1. The van der Waals surface area contributed by atoms with Gasteiger partial charge in [-0.3, -0.25) is 4.79 Å². The van der Waals surface area contributed by atoms with Gasteiger partial charge < -0.3 is 79.5 Å². The van der Waals surface area contributed by atoms with Crippen molar-refractivity contribution in [1.82, 2.24) is 0 Å². The first-order valence-corrected chi connectivity index (χ1v) is 23.8. The van der Waals surface area contributed by atoms with Crippen molar-refractivity contribution in [2.75, 3.05) is 13.2 Å². The molecule has 0 unspecified atom stereocenters. The van der Waals surface area contributed by atoms with Gasteiger partial charge in [-0.15, -0.1) is 0 Å². The van der Waals surface area contributed by atoms with Gasteiger partial charge in [0.1, 0.15) is 67.1 Å². The topological polar surface area (TPSA) is 275 Å².